The van der Waals surface area contributed by atoms with Crippen LogP contribution in [-0.4, -0.2) is 87.1 Å². The number of piperazine rings is 1. The average molecular weight is 637 g/mol. The summed E-state index contributed by atoms with van der Waals surface area (Å²) in [7, 11) is -1.99. The Bertz CT molecular complexity index is 1260. The zero-order valence-electron chi connectivity index (χ0n) is 26.2. The second kappa shape index (κ2) is 14.0. The zero-order chi connectivity index (χ0) is 31.5. The lowest BCUT2D eigenvalue weighted by Crippen LogP contribution is -2.57. The van der Waals surface area contributed by atoms with E-state index in [-0.39, 0.29) is 47.4 Å². The van der Waals surface area contributed by atoms with Gasteiger partial charge in [0.2, 0.25) is 15.9 Å². The molecular weight excluding hydrogens is 587 g/mol. The number of hydrogen-bond acceptors (Lipinski definition) is 7. The molecule has 3 heterocycles. The van der Waals surface area contributed by atoms with Crippen LogP contribution in [0.3, 0.4) is 0 Å². The van der Waals surface area contributed by atoms with E-state index >= 15 is 0 Å². The summed E-state index contributed by atoms with van der Waals surface area (Å²) < 4.78 is 52.5. The molecule has 0 aromatic heterocycles. The monoisotopic (exact) mass is 636 g/mol. The summed E-state index contributed by atoms with van der Waals surface area (Å²) in [5.41, 5.74) is 0.370. The van der Waals surface area contributed by atoms with Crippen LogP contribution in [-0.2, 0) is 24.3 Å². The number of nitrogens with one attached hydrogen (secondary N) is 3. The number of alkyl carbamates (subject to hydrolysis) is 1. The van der Waals surface area contributed by atoms with E-state index in [1.54, 1.807) is 16.4 Å². The number of ether oxygens (including phenoxy) is 2. The van der Waals surface area contributed by atoms with Gasteiger partial charge in [-0.15, -0.1) is 0 Å². The zero-order valence-corrected chi connectivity index (χ0v) is 27.0. The number of halogens is 1. The van der Waals surface area contributed by atoms with Gasteiger partial charge < -0.3 is 25.4 Å². The maximum absolute atomic E-state index is 14.2. The average Bonchev–Trinajstić information content (AvgIpc) is 3.38. The molecule has 0 spiro atoms. The number of amides is 2. The Balaban J connectivity index is 1.32. The molecule has 3 saturated heterocycles. The Morgan fingerprint density at radius 1 is 1.14 bits per heavy atom. The lowest BCUT2D eigenvalue weighted by Gasteiger charge is -2.42. The third-order valence-electron chi connectivity index (χ3n) is 10.2. The highest BCUT2D eigenvalue weighted by atomic mass is 32.2. The van der Waals surface area contributed by atoms with Gasteiger partial charge in [0.1, 0.15) is 11.9 Å². The molecule has 4 aliphatic rings. The van der Waals surface area contributed by atoms with E-state index < -0.39 is 33.7 Å². The maximum atomic E-state index is 14.2. The highest BCUT2D eigenvalue weighted by molar-refractivity contribution is 7.89. The predicted molar refractivity (Wildman–Crippen MR) is 165 cm³/mol. The van der Waals surface area contributed by atoms with Crippen molar-refractivity contribution < 1.29 is 31.9 Å². The molecule has 5 rings (SSSR count). The first-order chi connectivity index (χ1) is 21.0. The van der Waals surface area contributed by atoms with Crippen molar-refractivity contribution in [2.75, 3.05) is 32.6 Å². The number of hydrogen-bond donors (Lipinski definition) is 3. The first kappa shape index (κ1) is 33.1. The Kier molecular flexibility index (Phi) is 10.5. The number of rotatable bonds is 9. The van der Waals surface area contributed by atoms with Gasteiger partial charge >= 0.3 is 6.09 Å². The number of benzene rings is 1. The van der Waals surface area contributed by atoms with Crippen LogP contribution in [0.4, 0.5) is 9.18 Å². The van der Waals surface area contributed by atoms with Gasteiger partial charge in [-0.25, -0.2) is 17.6 Å². The van der Waals surface area contributed by atoms with E-state index in [4.69, 9.17) is 9.47 Å². The lowest BCUT2D eigenvalue weighted by molar-refractivity contribution is -0.126. The molecule has 2 bridgehead atoms. The number of carbonyl (C=O) groups excluding carboxylic acids is 2. The molecule has 0 radical (unpaired) electrons. The standard InChI is InChI=1S/C32H49FN4O6S/c1-32(2)18-23(15-16-43-32)28(22-9-12-24(33)13-10-22)29(36-31(39)42-3)30(38)35-27-8-4-6-21(27)11-14-26-19-34-25-7-5-17-44(40,41)37(26)20-25/h9-10,12-13,21,23,25-29,34H,4-8,11,14-20H2,1-3H3,(H,35,38)(H,36,39)/t21-,23?,25-,26+,27+,28+,29+/m1/s1. The molecule has 1 aromatic rings. The molecule has 1 aromatic carbocycles. The Hall–Kier alpha value is -2.28. The summed E-state index contributed by atoms with van der Waals surface area (Å²) >= 11 is 0. The number of nitrogens with zero attached hydrogens (tertiary/aromatic N) is 1. The van der Waals surface area contributed by atoms with Crippen LogP contribution in [0.15, 0.2) is 24.3 Å². The van der Waals surface area contributed by atoms with Crippen LogP contribution in [0, 0.1) is 17.7 Å². The molecule has 8 atom stereocenters. The third kappa shape index (κ3) is 7.92. The SMILES string of the molecule is COC(=O)N[C@H](C(=O)N[C@H]1CCC[C@@H]1CC[C@H]1CN[C@@H]2CCCS(=O)(=O)N1C2)[C@@H](c1ccc(F)cc1)C1CCOC(C)(C)C1. The molecule has 3 aliphatic heterocycles. The summed E-state index contributed by atoms with van der Waals surface area (Å²) in [6, 6.07) is 5.28. The molecular formula is C32H49FN4O6S. The fourth-order valence-corrected chi connectivity index (χ4v) is 9.82. The van der Waals surface area contributed by atoms with Gasteiger partial charge in [-0.1, -0.05) is 18.6 Å². The van der Waals surface area contributed by atoms with Crippen molar-refractivity contribution in [2.24, 2.45) is 11.8 Å². The number of sulfonamides is 1. The molecule has 246 valence electrons. The first-order valence-corrected chi connectivity index (χ1v) is 17.8. The van der Waals surface area contributed by atoms with Crippen LogP contribution < -0.4 is 16.0 Å². The van der Waals surface area contributed by atoms with Crippen molar-refractivity contribution >= 4 is 22.0 Å². The van der Waals surface area contributed by atoms with E-state index in [1.807, 2.05) is 13.8 Å². The first-order valence-electron chi connectivity index (χ1n) is 16.2. The normalized spacial score (nSPS) is 32.5. The topological polar surface area (TPSA) is 126 Å². The largest absolute Gasteiger partial charge is 0.453 e. The van der Waals surface area contributed by atoms with E-state index in [0.29, 0.717) is 39.0 Å². The van der Waals surface area contributed by atoms with Gasteiger partial charge in [0.15, 0.2) is 0 Å². The molecule has 10 nitrogen and oxygen atoms in total. The van der Waals surface area contributed by atoms with Gasteiger partial charge in [0, 0.05) is 43.7 Å². The van der Waals surface area contributed by atoms with Gasteiger partial charge in [0.05, 0.1) is 18.5 Å². The van der Waals surface area contributed by atoms with Crippen molar-refractivity contribution in [3.63, 3.8) is 0 Å². The van der Waals surface area contributed by atoms with Crippen LogP contribution >= 0.6 is 0 Å². The highest BCUT2D eigenvalue weighted by Crippen LogP contribution is 2.41. The van der Waals surface area contributed by atoms with E-state index in [0.717, 1.165) is 44.1 Å². The van der Waals surface area contributed by atoms with Gasteiger partial charge in [-0.3, -0.25) is 4.79 Å². The Morgan fingerprint density at radius 2 is 1.91 bits per heavy atom. The summed E-state index contributed by atoms with van der Waals surface area (Å²) in [6.07, 6.45) is 6.50. The molecule has 4 fully saturated rings. The third-order valence-corrected chi connectivity index (χ3v) is 12.2. The lowest BCUT2D eigenvalue weighted by atomic mass is 9.73. The van der Waals surface area contributed by atoms with E-state index in [9.17, 15) is 22.4 Å². The highest BCUT2D eigenvalue weighted by Gasteiger charge is 2.43. The van der Waals surface area contributed by atoms with Crippen molar-refractivity contribution in [1.29, 1.82) is 0 Å². The minimum absolute atomic E-state index is 0.00491. The van der Waals surface area contributed by atoms with Crippen LogP contribution in [0.25, 0.3) is 0 Å². The minimum Gasteiger partial charge on any atom is -0.453 e. The van der Waals surface area contributed by atoms with Crippen molar-refractivity contribution in [3.05, 3.63) is 35.6 Å². The van der Waals surface area contributed by atoms with Gasteiger partial charge in [-0.05, 0) is 94.7 Å². The molecule has 44 heavy (non-hydrogen) atoms. The van der Waals surface area contributed by atoms with Gasteiger partial charge in [-0.2, -0.15) is 4.31 Å². The molecule has 3 N–H and O–H groups in total. The summed E-state index contributed by atoms with van der Waals surface area (Å²) in [6.45, 7) is 5.75. The quantitative estimate of drug-likeness (QED) is 0.378. The number of methoxy groups -OCH3 is 1. The second-order valence-electron chi connectivity index (χ2n) is 13.7. The molecule has 12 heteroatoms. The summed E-state index contributed by atoms with van der Waals surface area (Å²) in [5.74, 6) is -0.675. The molecule has 1 saturated carbocycles. The predicted octanol–water partition coefficient (Wildman–Crippen LogP) is 3.67. The fourth-order valence-electron chi connectivity index (χ4n) is 8.01. The Morgan fingerprint density at radius 3 is 2.64 bits per heavy atom. The second-order valence-corrected chi connectivity index (χ2v) is 15.8. The molecule has 1 aliphatic carbocycles. The van der Waals surface area contributed by atoms with Crippen molar-refractivity contribution in [2.45, 2.75) is 107 Å². The van der Waals surface area contributed by atoms with E-state index in [2.05, 4.69) is 16.0 Å². The summed E-state index contributed by atoms with van der Waals surface area (Å²) in [5, 5.41) is 9.65. The Labute approximate surface area is 261 Å². The number of carbonyl (C=O) groups is 2. The molecule has 2 unspecified atom stereocenters. The smallest absolute Gasteiger partial charge is 0.407 e. The van der Waals surface area contributed by atoms with Crippen molar-refractivity contribution in [3.8, 4) is 0 Å². The fraction of sp³-hybridized carbons (Fsp3) is 0.750. The maximum Gasteiger partial charge on any atom is 0.407 e. The van der Waals surface area contributed by atoms with Crippen molar-refractivity contribution in [1.82, 2.24) is 20.3 Å². The van der Waals surface area contributed by atoms with E-state index in [1.165, 1.54) is 19.2 Å². The number of fused-ring (bicyclic) bond motifs is 2. The van der Waals surface area contributed by atoms with Crippen LogP contribution in [0.2, 0.25) is 0 Å². The van der Waals surface area contributed by atoms with Crippen LogP contribution in [0.5, 0.6) is 0 Å². The minimum atomic E-state index is -3.26. The van der Waals surface area contributed by atoms with Gasteiger partial charge in [0.25, 0.3) is 0 Å². The molecule has 2 amide bonds. The summed E-state index contributed by atoms with van der Waals surface area (Å²) in [4.78, 5) is 26.8. The van der Waals surface area contributed by atoms with Crippen LogP contribution in [0.1, 0.15) is 83.1 Å².